The van der Waals surface area contributed by atoms with E-state index in [4.69, 9.17) is 0 Å². The molecule has 0 spiro atoms. The lowest BCUT2D eigenvalue weighted by Gasteiger charge is -2.34. The van der Waals surface area contributed by atoms with Gasteiger partial charge in [-0.1, -0.05) is 35.0 Å². The van der Waals surface area contributed by atoms with Crippen LogP contribution in [0.25, 0.3) is 0 Å². The minimum atomic E-state index is -0.255. The molecule has 0 aromatic heterocycles. The molecule has 0 radical (unpaired) electrons. The second-order valence-corrected chi connectivity index (χ2v) is 6.23. The molecule has 1 aliphatic heterocycles. The number of β-amino-alcohol motifs (C(OH)–C–C–N with tert-alkyl or cyclic N) is 1. The van der Waals surface area contributed by atoms with Gasteiger partial charge >= 0.3 is 0 Å². The number of benzene rings is 1. The standard InChI is InChI=1S/C15H20BrNO2/c1-11-5-7-17(10-15(11)19)8-6-14(18)12-3-2-4-13(16)9-12/h2-4,9,11,15,19H,5-8,10H2,1H3. The highest BCUT2D eigenvalue weighted by atomic mass is 79.9. The summed E-state index contributed by atoms with van der Waals surface area (Å²) in [5, 5.41) is 9.83. The monoisotopic (exact) mass is 325 g/mol. The molecule has 4 heteroatoms. The first-order chi connectivity index (χ1) is 9.06. The van der Waals surface area contributed by atoms with Crippen molar-refractivity contribution in [3.05, 3.63) is 34.3 Å². The topological polar surface area (TPSA) is 40.5 Å². The van der Waals surface area contributed by atoms with E-state index in [2.05, 4.69) is 27.8 Å². The normalized spacial score (nSPS) is 24.4. The Hall–Kier alpha value is -0.710. The van der Waals surface area contributed by atoms with Crippen LogP contribution < -0.4 is 0 Å². The number of ketones is 1. The number of aliphatic hydroxyl groups excluding tert-OH is 1. The van der Waals surface area contributed by atoms with Crippen LogP contribution >= 0.6 is 15.9 Å². The predicted molar refractivity (Wildman–Crippen MR) is 79.3 cm³/mol. The molecule has 1 heterocycles. The van der Waals surface area contributed by atoms with Crippen LogP contribution in [0.5, 0.6) is 0 Å². The molecule has 0 bridgehead atoms. The first-order valence-corrected chi connectivity index (χ1v) is 7.55. The van der Waals surface area contributed by atoms with Gasteiger partial charge in [-0.15, -0.1) is 0 Å². The number of piperidine rings is 1. The lowest BCUT2D eigenvalue weighted by Crippen LogP contribution is -2.43. The lowest BCUT2D eigenvalue weighted by molar-refractivity contribution is 0.0287. The number of carbonyl (C=O) groups excluding carboxylic acids is 1. The van der Waals surface area contributed by atoms with Crippen molar-refractivity contribution >= 4 is 21.7 Å². The maximum Gasteiger partial charge on any atom is 0.164 e. The molecule has 2 unspecified atom stereocenters. The maximum absolute atomic E-state index is 12.1. The summed E-state index contributed by atoms with van der Waals surface area (Å²) in [6, 6.07) is 7.50. The van der Waals surface area contributed by atoms with E-state index < -0.39 is 0 Å². The first-order valence-electron chi connectivity index (χ1n) is 6.75. The molecule has 104 valence electrons. The first kappa shape index (κ1) is 14.7. The van der Waals surface area contributed by atoms with Crippen molar-refractivity contribution in [2.24, 2.45) is 5.92 Å². The average Bonchev–Trinajstić information content (AvgIpc) is 2.40. The Bertz CT molecular complexity index is 450. The van der Waals surface area contributed by atoms with Crippen LogP contribution in [0.15, 0.2) is 28.7 Å². The molecule has 0 aliphatic carbocycles. The van der Waals surface area contributed by atoms with E-state index in [-0.39, 0.29) is 11.9 Å². The fraction of sp³-hybridized carbons (Fsp3) is 0.533. The molecule has 1 aromatic rings. The molecule has 0 amide bonds. The van der Waals surface area contributed by atoms with Crippen LogP contribution in [0, 0.1) is 5.92 Å². The summed E-state index contributed by atoms with van der Waals surface area (Å²) in [6.07, 6.45) is 1.26. The van der Waals surface area contributed by atoms with Crippen LogP contribution in [0.2, 0.25) is 0 Å². The molecule has 2 rings (SSSR count). The van der Waals surface area contributed by atoms with Gasteiger partial charge in [0.15, 0.2) is 5.78 Å². The summed E-state index contributed by atoms with van der Waals surface area (Å²) in [4.78, 5) is 14.3. The van der Waals surface area contributed by atoms with E-state index >= 15 is 0 Å². The number of likely N-dealkylation sites (tertiary alicyclic amines) is 1. The molecule has 1 fully saturated rings. The van der Waals surface area contributed by atoms with Gasteiger partial charge in [-0.25, -0.2) is 0 Å². The number of nitrogens with zero attached hydrogens (tertiary/aromatic N) is 1. The number of hydrogen-bond acceptors (Lipinski definition) is 3. The Kier molecular flexibility index (Phi) is 5.13. The fourth-order valence-corrected chi connectivity index (χ4v) is 2.78. The van der Waals surface area contributed by atoms with Crippen LogP contribution in [0.4, 0.5) is 0 Å². The number of carbonyl (C=O) groups is 1. The summed E-state index contributed by atoms with van der Waals surface area (Å²) in [5.41, 5.74) is 0.750. The van der Waals surface area contributed by atoms with E-state index in [9.17, 15) is 9.90 Å². The van der Waals surface area contributed by atoms with Crippen molar-refractivity contribution in [3.63, 3.8) is 0 Å². The lowest BCUT2D eigenvalue weighted by atomic mass is 9.96. The molecule has 1 N–H and O–H groups in total. The molecular formula is C15H20BrNO2. The Morgan fingerprint density at radius 1 is 1.53 bits per heavy atom. The predicted octanol–water partition coefficient (Wildman–Crippen LogP) is 2.72. The second-order valence-electron chi connectivity index (χ2n) is 5.32. The van der Waals surface area contributed by atoms with Gasteiger partial charge in [0.05, 0.1) is 6.10 Å². The summed E-state index contributed by atoms with van der Waals surface area (Å²) in [5.74, 6) is 0.534. The van der Waals surface area contributed by atoms with Gasteiger partial charge in [-0.2, -0.15) is 0 Å². The zero-order valence-electron chi connectivity index (χ0n) is 11.2. The minimum absolute atomic E-state index is 0.161. The SMILES string of the molecule is CC1CCN(CCC(=O)c2cccc(Br)c2)CC1O. The Balaban J connectivity index is 1.84. The van der Waals surface area contributed by atoms with Crippen LogP contribution in [-0.4, -0.2) is 41.5 Å². The molecule has 1 saturated heterocycles. The van der Waals surface area contributed by atoms with Gasteiger partial charge in [0.25, 0.3) is 0 Å². The number of aliphatic hydroxyl groups is 1. The largest absolute Gasteiger partial charge is 0.392 e. The van der Waals surface area contributed by atoms with Gasteiger partial charge in [-0.05, 0) is 31.0 Å². The van der Waals surface area contributed by atoms with Crippen molar-refractivity contribution in [2.45, 2.75) is 25.9 Å². The smallest absolute Gasteiger partial charge is 0.164 e. The van der Waals surface area contributed by atoms with E-state index in [0.717, 1.165) is 29.5 Å². The van der Waals surface area contributed by atoms with Crippen molar-refractivity contribution < 1.29 is 9.90 Å². The average molecular weight is 326 g/mol. The molecule has 1 aliphatic rings. The van der Waals surface area contributed by atoms with Gasteiger partial charge in [0.2, 0.25) is 0 Å². The fourth-order valence-electron chi connectivity index (χ4n) is 2.38. The summed E-state index contributed by atoms with van der Waals surface area (Å²) >= 11 is 3.38. The van der Waals surface area contributed by atoms with E-state index in [0.29, 0.717) is 18.9 Å². The van der Waals surface area contributed by atoms with E-state index in [1.807, 2.05) is 24.3 Å². The highest BCUT2D eigenvalue weighted by Crippen LogP contribution is 2.18. The maximum atomic E-state index is 12.1. The van der Waals surface area contributed by atoms with Gasteiger partial charge in [0, 0.05) is 29.5 Å². The molecule has 0 saturated carbocycles. The third kappa shape index (κ3) is 4.13. The highest BCUT2D eigenvalue weighted by molar-refractivity contribution is 9.10. The van der Waals surface area contributed by atoms with Crippen LogP contribution in [0.3, 0.4) is 0 Å². The molecule has 19 heavy (non-hydrogen) atoms. The number of halogens is 1. The zero-order valence-corrected chi connectivity index (χ0v) is 12.8. The van der Waals surface area contributed by atoms with Crippen molar-refractivity contribution in [1.29, 1.82) is 0 Å². The third-order valence-corrected chi connectivity index (χ3v) is 4.30. The summed E-state index contributed by atoms with van der Waals surface area (Å²) in [6.45, 7) is 4.47. The summed E-state index contributed by atoms with van der Waals surface area (Å²) < 4.78 is 0.931. The van der Waals surface area contributed by atoms with Gasteiger partial charge in [0.1, 0.15) is 0 Å². The Labute approximate surface area is 122 Å². The minimum Gasteiger partial charge on any atom is -0.392 e. The van der Waals surface area contributed by atoms with Gasteiger partial charge < -0.3 is 10.0 Å². The summed E-state index contributed by atoms with van der Waals surface area (Å²) in [7, 11) is 0. The zero-order chi connectivity index (χ0) is 13.8. The van der Waals surface area contributed by atoms with E-state index in [1.165, 1.54) is 0 Å². The number of rotatable bonds is 4. The third-order valence-electron chi connectivity index (χ3n) is 3.80. The highest BCUT2D eigenvalue weighted by Gasteiger charge is 2.24. The molecule has 3 nitrogen and oxygen atoms in total. The van der Waals surface area contributed by atoms with Crippen molar-refractivity contribution in [2.75, 3.05) is 19.6 Å². The van der Waals surface area contributed by atoms with Crippen LogP contribution in [-0.2, 0) is 0 Å². The quantitative estimate of drug-likeness (QED) is 0.865. The number of hydrogen-bond donors (Lipinski definition) is 1. The molecule has 2 atom stereocenters. The van der Waals surface area contributed by atoms with E-state index in [1.54, 1.807) is 0 Å². The molecule has 1 aromatic carbocycles. The van der Waals surface area contributed by atoms with Crippen molar-refractivity contribution in [3.8, 4) is 0 Å². The van der Waals surface area contributed by atoms with Crippen molar-refractivity contribution in [1.82, 2.24) is 4.90 Å². The second kappa shape index (κ2) is 6.64. The number of Topliss-reactive ketones (excluding diaryl/α,β-unsaturated/α-hetero) is 1. The molecular weight excluding hydrogens is 306 g/mol. The van der Waals surface area contributed by atoms with Crippen LogP contribution in [0.1, 0.15) is 30.1 Å². The Morgan fingerprint density at radius 2 is 2.32 bits per heavy atom. The van der Waals surface area contributed by atoms with Gasteiger partial charge in [-0.3, -0.25) is 4.79 Å². The Morgan fingerprint density at radius 3 is 3.00 bits per heavy atom.